The van der Waals surface area contributed by atoms with Crippen molar-refractivity contribution in [2.24, 2.45) is 0 Å². The lowest BCUT2D eigenvalue weighted by Gasteiger charge is -2.22. The molecule has 2 heteroatoms. The fourth-order valence-corrected chi connectivity index (χ4v) is 3.04. The predicted molar refractivity (Wildman–Crippen MR) is 75.7 cm³/mol. The first kappa shape index (κ1) is 12.4. The van der Waals surface area contributed by atoms with E-state index in [0.29, 0.717) is 5.92 Å². The molecule has 2 aromatic carbocycles. The Balaban J connectivity index is 1.97. The maximum Gasteiger partial charge on any atom is 0.123 e. The standard InChI is InChI=1S/C17H18FN/c1-12-7-8-14(18)11-16(12)17-15(9-10-19-17)13-5-3-2-4-6-13/h2-8,11,15,17,19H,9-10H2,1H3. The molecule has 1 aliphatic rings. The minimum absolute atomic E-state index is 0.152. The topological polar surface area (TPSA) is 12.0 Å². The average Bonchev–Trinajstić information content (AvgIpc) is 2.91. The van der Waals surface area contributed by atoms with Crippen LogP contribution in [0.4, 0.5) is 4.39 Å². The van der Waals surface area contributed by atoms with Gasteiger partial charge in [0.25, 0.3) is 0 Å². The first-order chi connectivity index (χ1) is 9.25. The van der Waals surface area contributed by atoms with Crippen LogP contribution in [0.1, 0.15) is 35.1 Å². The maximum atomic E-state index is 13.5. The Bertz CT molecular complexity index is 565. The lowest BCUT2D eigenvalue weighted by molar-refractivity contribution is 0.563. The van der Waals surface area contributed by atoms with Gasteiger partial charge in [0, 0.05) is 12.0 Å². The van der Waals surface area contributed by atoms with Gasteiger partial charge in [-0.25, -0.2) is 4.39 Å². The highest BCUT2D eigenvalue weighted by atomic mass is 19.1. The molecule has 3 rings (SSSR count). The fourth-order valence-electron chi connectivity index (χ4n) is 3.04. The Morgan fingerprint density at radius 1 is 1.11 bits per heavy atom. The second-order valence-electron chi connectivity index (χ2n) is 5.24. The van der Waals surface area contributed by atoms with Crippen LogP contribution in [0.5, 0.6) is 0 Å². The van der Waals surface area contributed by atoms with Crippen molar-refractivity contribution in [1.29, 1.82) is 0 Å². The molecule has 1 fully saturated rings. The molecule has 0 bridgehead atoms. The van der Waals surface area contributed by atoms with Crippen molar-refractivity contribution >= 4 is 0 Å². The Kier molecular flexibility index (Phi) is 3.34. The van der Waals surface area contributed by atoms with Gasteiger partial charge in [-0.05, 0) is 48.7 Å². The van der Waals surface area contributed by atoms with Crippen LogP contribution in [-0.2, 0) is 0 Å². The van der Waals surface area contributed by atoms with Gasteiger partial charge in [0.2, 0.25) is 0 Å². The van der Waals surface area contributed by atoms with Crippen LogP contribution < -0.4 is 5.32 Å². The van der Waals surface area contributed by atoms with E-state index in [9.17, 15) is 4.39 Å². The van der Waals surface area contributed by atoms with Crippen molar-refractivity contribution in [2.45, 2.75) is 25.3 Å². The molecule has 0 saturated carbocycles. The summed E-state index contributed by atoms with van der Waals surface area (Å²) >= 11 is 0. The summed E-state index contributed by atoms with van der Waals surface area (Å²) in [6.07, 6.45) is 1.10. The molecule has 2 aromatic rings. The lowest BCUT2D eigenvalue weighted by atomic mass is 9.86. The Hall–Kier alpha value is -1.67. The third-order valence-electron chi connectivity index (χ3n) is 4.03. The molecule has 0 spiro atoms. The summed E-state index contributed by atoms with van der Waals surface area (Å²) in [5.41, 5.74) is 3.58. The van der Waals surface area contributed by atoms with Crippen LogP contribution in [0.15, 0.2) is 48.5 Å². The Morgan fingerprint density at radius 3 is 2.68 bits per heavy atom. The molecule has 1 heterocycles. The number of rotatable bonds is 2. The molecule has 2 unspecified atom stereocenters. The molecule has 0 aromatic heterocycles. The minimum atomic E-state index is -0.152. The number of aryl methyl sites for hydroxylation is 1. The van der Waals surface area contributed by atoms with E-state index in [4.69, 9.17) is 0 Å². The van der Waals surface area contributed by atoms with E-state index in [1.54, 1.807) is 6.07 Å². The fraction of sp³-hybridized carbons (Fsp3) is 0.294. The summed E-state index contributed by atoms with van der Waals surface area (Å²) in [4.78, 5) is 0. The summed E-state index contributed by atoms with van der Waals surface area (Å²) < 4.78 is 13.5. The first-order valence-corrected chi connectivity index (χ1v) is 6.80. The molecular formula is C17H18FN. The molecule has 1 N–H and O–H groups in total. The van der Waals surface area contributed by atoms with E-state index in [1.807, 2.05) is 12.1 Å². The first-order valence-electron chi connectivity index (χ1n) is 6.80. The molecule has 1 nitrogen and oxygen atoms in total. The van der Waals surface area contributed by atoms with E-state index in [1.165, 1.54) is 11.6 Å². The van der Waals surface area contributed by atoms with Gasteiger partial charge in [-0.15, -0.1) is 0 Å². The van der Waals surface area contributed by atoms with Gasteiger partial charge in [-0.3, -0.25) is 0 Å². The summed E-state index contributed by atoms with van der Waals surface area (Å²) in [6.45, 7) is 3.04. The lowest BCUT2D eigenvalue weighted by Crippen LogP contribution is -2.18. The highest BCUT2D eigenvalue weighted by molar-refractivity contribution is 5.35. The normalized spacial score (nSPS) is 22.6. The molecule has 0 radical (unpaired) electrons. The zero-order valence-corrected chi connectivity index (χ0v) is 11.1. The van der Waals surface area contributed by atoms with Crippen LogP contribution >= 0.6 is 0 Å². The highest BCUT2D eigenvalue weighted by Gasteiger charge is 2.30. The molecule has 98 valence electrons. The van der Waals surface area contributed by atoms with Crippen LogP contribution in [0.2, 0.25) is 0 Å². The minimum Gasteiger partial charge on any atom is -0.309 e. The number of halogens is 1. The summed E-state index contributed by atoms with van der Waals surface area (Å²) in [5, 5.41) is 3.52. The van der Waals surface area contributed by atoms with Gasteiger partial charge < -0.3 is 5.32 Å². The molecule has 0 amide bonds. The molecule has 19 heavy (non-hydrogen) atoms. The van der Waals surface area contributed by atoms with E-state index < -0.39 is 0 Å². The molecule has 2 atom stereocenters. The highest BCUT2D eigenvalue weighted by Crippen LogP contribution is 2.38. The number of hydrogen-bond donors (Lipinski definition) is 1. The maximum absolute atomic E-state index is 13.5. The number of nitrogens with one attached hydrogen (secondary N) is 1. The van der Waals surface area contributed by atoms with Gasteiger partial charge >= 0.3 is 0 Å². The van der Waals surface area contributed by atoms with Gasteiger partial charge in [0.15, 0.2) is 0 Å². The molecule has 0 aliphatic carbocycles. The third-order valence-corrected chi connectivity index (χ3v) is 4.03. The van der Waals surface area contributed by atoms with E-state index in [-0.39, 0.29) is 11.9 Å². The Labute approximate surface area is 113 Å². The van der Waals surface area contributed by atoms with E-state index in [2.05, 4.69) is 36.5 Å². The predicted octanol–water partition coefficient (Wildman–Crippen LogP) is 3.95. The van der Waals surface area contributed by atoms with E-state index >= 15 is 0 Å². The van der Waals surface area contributed by atoms with Gasteiger partial charge in [-0.1, -0.05) is 36.4 Å². The van der Waals surface area contributed by atoms with E-state index in [0.717, 1.165) is 24.1 Å². The van der Waals surface area contributed by atoms with Crippen LogP contribution in [0, 0.1) is 12.7 Å². The molecule has 1 saturated heterocycles. The summed E-state index contributed by atoms with van der Waals surface area (Å²) in [6, 6.07) is 15.8. The van der Waals surface area contributed by atoms with Crippen molar-refractivity contribution in [2.75, 3.05) is 6.54 Å². The van der Waals surface area contributed by atoms with Crippen LogP contribution in [0.25, 0.3) is 0 Å². The van der Waals surface area contributed by atoms with Crippen molar-refractivity contribution in [3.8, 4) is 0 Å². The van der Waals surface area contributed by atoms with Crippen LogP contribution in [-0.4, -0.2) is 6.54 Å². The quantitative estimate of drug-likeness (QED) is 0.856. The monoisotopic (exact) mass is 255 g/mol. The van der Waals surface area contributed by atoms with Crippen molar-refractivity contribution < 1.29 is 4.39 Å². The van der Waals surface area contributed by atoms with Gasteiger partial charge in [0.1, 0.15) is 5.82 Å². The largest absolute Gasteiger partial charge is 0.309 e. The molecular weight excluding hydrogens is 237 g/mol. The second kappa shape index (κ2) is 5.14. The summed E-state index contributed by atoms with van der Waals surface area (Å²) in [5.74, 6) is 0.280. The Morgan fingerprint density at radius 2 is 1.89 bits per heavy atom. The number of benzene rings is 2. The molecule has 1 aliphatic heterocycles. The smallest absolute Gasteiger partial charge is 0.123 e. The second-order valence-corrected chi connectivity index (χ2v) is 5.24. The SMILES string of the molecule is Cc1ccc(F)cc1C1NCCC1c1ccccc1. The van der Waals surface area contributed by atoms with Crippen LogP contribution in [0.3, 0.4) is 0 Å². The zero-order valence-electron chi connectivity index (χ0n) is 11.1. The zero-order chi connectivity index (χ0) is 13.2. The van der Waals surface area contributed by atoms with Gasteiger partial charge in [-0.2, -0.15) is 0 Å². The van der Waals surface area contributed by atoms with Crippen molar-refractivity contribution in [3.63, 3.8) is 0 Å². The van der Waals surface area contributed by atoms with Gasteiger partial charge in [0.05, 0.1) is 0 Å². The summed E-state index contributed by atoms with van der Waals surface area (Å²) in [7, 11) is 0. The van der Waals surface area contributed by atoms with Crippen molar-refractivity contribution in [1.82, 2.24) is 5.32 Å². The third kappa shape index (κ3) is 2.41. The number of hydrogen-bond acceptors (Lipinski definition) is 1. The van der Waals surface area contributed by atoms with Crippen molar-refractivity contribution in [3.05, 3.63) is 71.0 Å². The average molecular weight is 255 g/mol.